The van der Waals surface area contributed by atoms with Crippen LogP contribution < -0.4 is 5.32 Å². The van der Waals surface area contributed by atoms with E-state index in [0.29, 0.717) is 18.7 Å². The predicted octanol–water partition coefficient (Wildman–Crippen LogP) is 3.16. The molecule has 0 bridgehead atoms. The molecule has 1 rings (SSSR count). The van der Waals surface area contributed by atoms with E-state index in [2.05, 4.69) is 21.2 Å². The molecular formula is C14H18BrNO3S. The summed E-state index contributed by atoms with van der Waals surface area (Å²) in [6.45, 7) is 2.22. The maximum Gasteiger partial charge on any atom is 0.303 e. The van der Waals surface area contributed by atoms with Crippen molar-refractivity contribution >= 4 is 39.6 Å². The monoisotopic (exact) mass is 359 g/mol. The van der Waals surface area contributed by atoms with Gasteiger partial charge in [0.25, 0.3) is 0 Å². The molecule has 0 aliphatic heterocycles. The first-order valence-electron chi connectivity index (χ1n) is 6.35. The quantitative estimate of drug-likeness (QED) is 0.699. The third-order valence-electron chi connectivity index (χ3n) is 2.59. The van der Waals surface area contributed by atoms with E-state index in [9.17, 15) is 9.59 Å². The van der Waals surface area contributed by atoms with E-state index in [0.717, 1.165) is 9.37 Å². The van der Waals surface area contributed by atoms with Crippen LogP contribution in [-0.2, 0) is 9.59 Å². The van der Waals surface area contributed by atoms with Gasteiger partial charge in [-0.15, -0.1) is 11.8 Å². The van der Waals surface area contributed by atoms with Gasteiger partial charge in [0.15, 0.2) is 0 Å². The van der Waals surface area contributed by atoms with Crippen LogP contribution in [0.5, 0.6) is 0 Å². The van der Waals surface area contributed by atoms with E-state index in [4.69, 9.17) is 5.11 Å². The Hall–Kier alpha value is -1.01. The van der Waals surface area contributed by atoms with Crippen molar-refractivity contribution in [3.05, 3.63) is 28.7 Å². The summed E-state index contributed by atoms with van der Waals surface area (Å²) in [5.41, 5.74) is 0. The largest absolute Gasteiger partial charge is 0.481 e. The number of rotatable bonds is 8. The number of aliphatic carboxylic acids is 1. The molecular weight excluding hydrogens is 342 g/mol. The number of carbonyl (C=O) groups is 2. The van der Waals surface area contributed by atoms with Crippen LogP contribution in [0.2, 0.25) is 0 Å². The molecule has 6 heteroatoms. The summed E-state index contributed by atoms with van der Waals surface area (Å²) >= 11 is 5.08. The number of carboxylic acids is 1. The number of thioether (sulfide) groups is 1. The van der Waals surface area contributed by atoms with E-state index in [1.165, 1.54) is 0 Å². The third kappa shape index (κ3) is 6.96. The van der Waals surface area contributed by atoms with E-state index < -0.39 is 5.97 Å². The molecule has 0 aliphatic carbocycles. The summed E-state index contributed by atoms with van der Waals surface area (Å²) in [6.07, 6.45) is 0.498. The number of carboxylic acid groups (broad SMARTS) is 1. The second kappa shape index (κ2) is 9.02. The average Bonchev–Trinajstić information content (AvgIpc) is 2.38. The molecule has 110 valence electrons. The SMILES string of the molecule is CC(CNC(=O)CCSc1ccccc1Br)CC(=O)O. The maximum absolute atomic E-state index is 11.6. The summed E-state index contributed by atoms with van der Waals surface area (Å²) in [4.78, 5) is 23.2. The average molecular weight is 360 g/mol. The zero-order chi connectivity index (χ0) is 15.0. The highest BCUT2D eigenvalue weighted by Gasteiger charge is 2.09. The minimum atomic E-state index is -0.837. The molecule has 1 aromatic rings. The first-order chi connectivity index (χ1) is 9.49. The molecule has 0 saturated heterocycles. The topological polar surface area (TPSA) is 66.4 Å². The summed E-state index contributed by atoms with van der Waals surface area (Å²) in [7, 11) is 0. The summed E-state index contributed by atoms with van der Waals surface area (Å²) in [6, 6.07) is 7.88. The van der Waals surface area contributed by atoms with E-state index in [1.807, 2.05) is 31.2 Å². The van der Waals surface area contributed by atoms with Gasteiger partial charge in [-0.2, -0.15) is 0 Å². The van der Waals surface area contributed by atoms with Crippen LogP contribution >= 0.6 is 27.7 Å². The lowest BCUT2D eigenvalue weighted by atomic mass is 10.1. The molecule has 1 aromatic carbocycles. The molecule has 0 heterocycles. The zero-order valence-electron chi connectivity index (χ0n) is 11.3. The van der Waals surface area contributed by atoms with E-state index in [-0.39, 0.29) is 18.2 Å². The van der Waals surface area contributed by atoms with Crippen molar-refractivity contribution in [3.8, 4) is 0 Å². The lowest BCUT2D eigenvalue weighted by Crippen LogP contribution is -2.29. The summed E-state index contributed by atoms with van der Waals surface area (Å²) in [5.74, 6) is -0.229. The number of hydrogen-bond acceptors (Lipinski definition) is 3. The van der Waals surface area contributed by atoms with Crippen molar-refractivity contribution in [2.75, 3.05) is 12.3 Å². The molecule has 0 fully saturated rings. The highest BCUT2D eigenvalue weighted by Crippen LogP contribution is 2.27. The Balaban J connectivity index is 2.20. The Bertz CT molecular complexity index is 467. The first kappa shape index (κ1) is 17.0. The van der Waals surface area contributed by atoms with Gasteiger partial charge in [0, 0.05) is 34.5 Å². The van der Waals surface area contributed by atoms with Gasteiger partial charge in [0.2, 0.25) is 5.91 Å². The van der Waals surface area contributed by atoms with Gasteiger partial charge in [-0.25, -0.2) is 0 Å². The van der Waals surface area contributed by atoms with E-state index in [1.54, 1.807) is 11.8 Å². The van der Waals surface area contributed by atoms with Crippen LogP contribution in [0.3, 0.4) is 0 Å². The second-order valence-corrected chi connectivity index (χ2v) is 6.53. The first-order valence-corrected chi connectivity index (χ1v) is 8.12. The standard InChI is InChI=1S/C14H18BrNO3S/c1-10(8-14(18)19)9-16-13(17)6-7-20-12-5-3-2-4-11(12)15/h2-5,10H,6-9H2,1H3,(H,16,17)(H,18,19). The number of amides is 1. The molecule has 1 amide bonds. The molecule has 4 nitrogen and oxygen atoms in total. The van der Waals surface area contributed by atoms with Gasteiger partial charge >= 0.3 is 5.97 Å². The van der Waals surface area contributed by atoms with E-state index >= 15 is 0 Å². The van der Waals surface area contributed by atoms with Crippen molar-refractivity contribution < 1.29 is 14.7 Å². The molecule has 1 atom stereocenters. The fraction of sp³-hybridized carbons (Fsp3) is 0.429. The van der Waals surface area contributed by atoms with Crippen LogP contribution in [0.1, 0.15) is 19.8 Å². The highest BCUT2D eigenvalue weighted by molar-refractivity contribution is 9.10. The minimum Gasteiger partial charge on any atom is -0.481 e. The molecule has 2 N–H and O–H groups in total. The van der Waals surface area contributed by atoms with Gasteiger partial charge in [-0.05, 0) is 34.0 Å². The fourth-order valence-electron chi connectivity index (χ4n) is 1.56. The number of benzene rings is 1. The lowest BCUT2D eigenvalue weighted by molar-refractivity contribution is -0.138. The Kier molecular flexibility index (Phi) is 7.69. The molecule has 0 saturated carbocycles. The molecule has 0 aliphatic rings. The predicted molar refractivity (Wildman–Crippen MR) is 83.9 cm³/mol. The van der Waals surface area contributed by atoms with Gasteiger partial charge in [-0.1, -0.05) is 19.1 Å². The normalized spacial score (nSPS) is 11.9. The molecule has 0 radical (unpaired) electrons. The van der Waals surface area contributed by atoms with Gasteiger partial charge < -0.3 is 10.4 Å². The Morgan fingerprint density at radius 1 is 1.40 bits per heavy atom. The van der Waals surface area contributed by atoms with Crippen LogP contribution in [-0.4, -0.2) is 29.3 Å². The highest BCUT2D eigenvalue weighted by atomic mass is 79.9. The van der Waals surface area contributed by atoms with Crippen LogP contribution in [0.15, 0.2) is 33.6 Å². The fourth-order valence-corrected chi connectivity index (χ4v) is 3.08. The number of carbonyl (C=O) groups excluding carboxylic acids is 1. The number of nitrogens with one attached hydrogen (secondary N) is 1. The molecule has 0 aromatic heterocycles. The maximum atomic E-state index is 11.6. The van der Waals surface area contributed by atoms with Crippen LogP contribution in [0.25, 0.3) is 0 Å². The van der Waals surface area contributed by atoms with Gasteiger partial charge in [0.05, 0.1) is 0 Å². The van der Waals surface area contributed by atoms with Crippen LogP contribution in [0, 0.1) is 5.92 Å². The second-order valence-electron chi connectivity index (χ2n) is 4.54. The Morgan fingerprint density at radius 2 is 2.10 bits per heavy atom. The van der Waals surface area contributed by atoms with Crippen molar-refractivity contribution in [2.24, 2.45) is 5.92 Å². The summed E-state index contributed by atoms with van der Waals surface area (Å²) in [5, 5.41) is 11.4. The van der Waals surface area contributed by atoms with Crippen LogP contribution in [0.4, 0.5) is 0 Å². The zero-order valence-corrected chi connectivity index (χ0v) is 13.7. The summed E-state index contributed by atoms with van der Waals surface area (Å²) < 4.78 is 1.03. The van der Waals surface area contributed by atoms with Gasteiger partial charge in [-0.3, -0.25) is 9.59 Å². The Labute approximate surface area is 131 Å². The third-order valence-corrected chi connectivity index (χ3v) is 4.62. The number of halogens is 1. The molecule has 0 spiro atoms. The molecule has 1 unspecified atom stereocenters. The minimum absolute atomic E-state index is 0.0400. The van der Waals surface area contributed by atoms with Gasteiger partial charge in [0.1, 0.15) is 0 Å². The van der Waals surface area contributed by atoms with Crippen molar-refractivity contribution in [3.63, 3.8) is 0 Å². The smallest absolute Gasteiger partial charge is 0.303 e. The number of hydrogen-bond donors (Lipinski definition) is 2. The van der Waals surface area contributed by atoms with Crippen molar-refractivity contribution in [1.29, 1.82) is 0 Å². The Morgan fingerprint density at radius 3 is 2.75 bits per heavy atom. The molecule has 20 heavy (non-hydrogen) atoms. The van der Waals surface area contributed by atoms with Crippen molar-refractivity contribution in [2.45, 2.75) is 24.7 Å². The lowest BCUT2D eigenvalue weighted by Gasteiger charge is -2.10. The van der Waals surface area contributed by atoms with Crippen molar-refractivity contribution in [1.82, 2.24) is 5.32 Å².